The van der Waals surface area contributed by atoms with Crippen molar-refractivity contribution in [3.63, 3.8) is 0 Å². The largest absolute Gasteiger partial charge is 0.399 e. The maximum atomic E-state index is 13.4. The monoisotopic (exact) mass is 328 g/mol. The highest BCUT2D eigenvalue weighted by Gasteiger charge is 2.26. The van der Waals surface area contributed by atoms with Crippen LogP contribution in [0.3, 0.4) is 0 Å². The number of nitrogens with two attached hydrogens (primary N) is 1. The summed E-state index contributed by atoms with van der Waals surface area (Å²) in [5.41, 5.74) is 8.06. The van der Waals surface area contributed by atoms with Gasteiger partial charge < -0.3 is 16.4 Å². The molecule has 0 bridgehead atoms. The van der Waals surface area contributed by atoms with Gasteiger partial charge in [-0.25, -0.2) is 0 Å². The van der Waals surface area contributed by atoms with Crippen LogP contribution in [0.5, 0.6) is 0 Å². The van der Waals surface area contributed by atoms with Crippen LogP contribution in [0.25, 0.3) is 5.57 Å². The van der Waals surface area contributed by atoms with Crippen molar-refractivity contribution in [2.75, 3.05) is 16.4 Å². The number of nitrogen functional groups attached to an aromatic ring is 1. The van der Waals surface area contributed by atoms with Gasteiger partial charge in [-0.3, -0.25) is 14.9 Å². The number of hydrogen-bond acceptors (Lipinski definition) is 5. The van der Waals surface area contributed by atoms with E-state index in [0.29, 0.717) is 33.9 Å². The van der Waals surface area contributed by atoms with Crippen LogP contribution in [0.2, 0.25) is 0 Å². The number of halogens is 1. The maximum Gasteiger partial charge on any atom is 0.306 e. The minimum atomic E-state index is -0.924. The molecular formula is C16H13FN4O3. The Labute approximate surface area is 136 Å². The number of carbonyl (C=O) groups is 1. The van der Waals surface area contributed by atoms with Crippen molar-refractivity contribution in [1.29, 1.82) is 0 Å². The van der Waals surface area contributed by atoms with Crippen molar-refractivity contribution >= 4 is 34.2 Å². The second-order valence-electron chi connectivity index (χ2n) is 5.31. The Hall–Kier alpha value is -3.42. The van der Waals surface area contributed by atoms with Gasteiger partial charge in [0.2, 0.25) is 5.82 Å². The molecule has 0 fully saturated rings. The fourth-order valence-corrected chi connectivity index (χ4v) is 2.57. The van der Waals surface area contributed by atoms with Gasteiger partial charge in [0.15, 0.2) is 0 Å². The van der Waals surface area contributed by atoms with Crippen molar-refractivity contribution < 1.29 is 14.1 Å². The number of allylic oxidation sites excluding steroid dienone is 1. The molecule has 0 aliphatic carbocycles. The number of fused-ring (bicyclic) bond motifs is 1. The van der Waals surface area contributed by atoms with Gasteiger partial charge in [-0.2, -0.15) is 4.39 Å². The summed E-state index contributed by atoms with van der Waals surface area (Å²) in [6, 6.07) is 8.48. The molecule has 1 heterocycles. The van der Waals surface area contributed by atoms with Crippen molar-refractivity contribution in [1.82, 2.24) is 0 Å². The summed E-state index contributed by atoms with van der Waals surface area (Å²) < 4.78 is 13.4. The number of nitro groups is 1. The molecule has 0 atom stereocenters. The molecule has 0 saturated carbocycles. The molecule has 3 rings (SSSR count). The van der Waals surface area contributed by atoms with Crippen molar-refractivity contribution in [2.45, 2.75) is 6.92 Å². The minimum absolute atomic E-state index is 0.304. The predicted molar refractivity (Wildman–Crippen MR) is 88.8 cm³/mol. The molecule has 7 nitrogen and oxygen atoms in total. The summed E-state index contributed by atoms with van der Waals surface area (Å²) in [7, 11) is 0. The fraction of sp³-hybridized carbons (Fsp3) is 0.0625. The number of hydrogen-bond donors (Lipinski definition) is 3. The summed E-state index contributed by atoms with van der Waals surface area (Å²) >= 11 is 0. The van der Waals surface area contributed by atoms with Crippen LogP contribution in [0.15, 0.2) is 42.1 Å². The number of amides is 1. The van der Waals surface area contributed by atoms with E-state index in [4.69, 9.17) is 5.73 Å². The van der Waals surface area contributed by atoms with E-state index in [1.165, 1.54) is 6.07 Å². The number of benzene rings is 2. The third-order valence-electron chi connectivity index (χ3n) is 3.64. The van der Waals surface area contributed by atoms with Crippen LogP contribution in [0.1, 0.15) is 12.5 Å². The summed E-state index contributed by atoms with van der Waals surface area (Å²) in [6.07, 6.45) is 0. The van der Waals surface area contributed by atoms with Gasteiger partial charge in [-0.15, -0.1) is 0 Å². The number of nitrogens with zero attached hydrogens (tertiary/aromatic N) is 1. The lowest BCUT2D eigenvalue weighted by atomic mass is 10.0. The summed E-state index contributed by atoms with van der Waals surface area (Å²) in [5, 5.41) is 16.4. The Kier molecular flexibility index (Phi) is 3.64. The van der Waals surface area contributed by atoms with Gasteiger partial charge in [0.05, 0.1) is 10.5 Å². The van der Waals surface area contributed by atoms with E-state index in [-0.39, 0.29) is 5.91 Å². The zero-order valence-electron chi connectivity index (χ0n) is 12.6. The van der Waals surface area contributed by atoms with Gasteiger partial charge >= 0.3 is 5.69 Å². The quantitative estimate of drug-likeness (QED) is 0.347. The van der Waals surface area contributed by atoms with Crippen LogP contribution < -0.4 is 16.4 Å². The number of anilines is 3. The minimum Gasteiger partial charge on any atom is -0.399 e. The predicted octanol–water partition coefficient (Wildman–Crippen LogP) is 3.11. The highest BCUT2D eigenvalue weighted by Crippen LogP contribution is 2.35. The summed E-state index contributed by atoms with van der Waals surface area (Å²) in [5.74, 6) is -1.23. The lowest BCUT2D eigenvalue weighted by molar-refractivity contribution is -0.387. The normalized spacial score (nSPS) is 14.8. The van der Waals surface area contributed by atoms with Gasteiger partial charge in [-0.1, -0.05) is 0 Å². The average molecular weight is 328 g/mol. The molecule has 0 saturated heterocycles. The molecule has 1 amide bonds. The SMILES string of the molecule is CC(Nc1ccc(F)c([N+](=O)[O-])c1)=C1C(=O)Nc2ccc(N)cc21. The molecule has 2 aromatic carbocycles. The summed E-state index contributed by atoms with van der Waals surface area (Å²) in [6.45, 7) is 1.66. The highest BCUT2D eigenvalue weighted by atomic mass is 19.1. The molecule has 0 radical (unpaired) electrons. The molecule has 1 aliphatic heterocycles. The lowest BCUT2D eigenvalue weighted by Crippen LogP contribution is -2.09. The Bertz CT molecular complexity index is 908. The molecule has 122 valence electrons. The van der Waals surface area contributed by atoms with E-state index in [1.54, 1.807) is 25.1 Å². The third-order valence-corrected chi connectivity index (χ3v) is 3.64. The van der Waals surface area contributed by atoms with Crippen LogP contribution in [-0.2, 0) is 4.79 Å². The molecule has 0 unspecified atom stereocenters. The van der Waals surface area contributed by atoms with Gasteiger partial charge in [0.25, 0.3) is 5.91 Å². The molecule has 4 N–H and O–H groups in total. The van der Waals surface area contributed by atoms with Gasteiger partial charge in [0.1, 0.15) is 0 Å². The smallest absolute Gasteiger partial charge is 0.306 e. The lowest BCUT2D eigenvalue weighted by Gasteiger charge is -2.10. The first-order valence-electron chi connectivity index (χ1n) is 7.00. The molecule has 24 heavy (non-hydrogen) atoms. The highest BCUT2D eigenvalue weighted by molar-refractivity contribution is 6.32. The van der Waals surface area contributed by atoms with Crippen molar-refractivity contribution in [3.8, 4) is 0 Å². The van der Waals surface area contributed by atoms with E-state index in [2.05, 4.69) is 10.6 Å². The zero-order valence-corrected chi connectivity index (χ0v) is 12.6. The molecule has 8 heteroatoms. The van der Waals surface area contributed by atoms with Crippen molar-refractivity contribution in [3.05, 3.63) is 63.6 Å². The number of nitrogens with one attached hydrogen (secondary N) is 2. The second kappa shape index (κ2) is 5.65. The number of carbonyl (C=O) groups excluding carboxylic acids is 1. The van der Waals surface area contributed by atoms with E-state index >= 15 is 0 Å². The second-order valence-corrected chi connectivity index (χ2v) is 5.31. The first-order chi connectivity index (χ1) is 11.4. The standard InChI is InChI=1S/C16H13FN4O3/c1-8(19-10-3-4-12(17)14(7-10)21(23)24)15-11-6-9(18)2-5-13(11)20-16(15)22/h2-7,19H,18H2,1H3,(H,20,22). The van der Waals surface area contributed by atoms with Crippen LogP contribution >= 0.6 is 0 Å². The Morgan fingerprint density at radius 3 is 2.75 bits per heavy atom. The molecule has 2 aromatic rings. The summed E-state index contributed by atoms with van der Waals surface area (Å²) in [4.78, 5) is 22.2. The van der Waals surface area contributed by atoms with E-state index in [0.717, 1.165) is 12.1 Å². The molecule has 0 aromatic heterocycles. The maximum absolute atomic E-state index is 13.4. The first-order valence-corrected chi connectivity index (χ1v) is 7.00. The number of nitro benzene ring substituents is 1. The molecule has 0 spiro atoms. The molecular weight excluding hydrogens is 315 g/mol. The third kappa shape index (κ3) is 2.65. The number of rotatable bonds is 3. The Morgan fingerprint density at radius 1 is 1.29 bits per heavy atom. The van der Waals surface area contributed by atoms with E-state index in [1.807, 2.05) is 0 Å². The zero-order chi connectivity index (χ0) is 17.4. The van der Waals surface area contributed by atoms with E-state index < -0.39 is 16.4 Å². The Balaban J connectivity index is 2.01. The van der Waals surface area contributed by atoms with Crippen LogP contribution in [-0.4, -0.2) is 10.8 Å². The Morgan fingerprint density at radius 2 is 2.04 bits per heavy atom. The topological polar surface area (TPSA) is 110 Å². The van der Waals surface area contributed by atoms with Crippen molar-refractivity contribution in [2.24, 2.45) is 0 Å². The first kappa shape index (κ1) is 15.5. The van der Waals surface area contributed by atoms with Gasteiger partial charge in [0, 0.05) is 34.4 Å². The average Bonchev–Trinajstić information content (AvgIpc) is 2.84. The van der Waals surface area contributed by atoms with Crippen LogP contribution in [0.4, 0.5) is 27.1 Å². The van der Waals surface area contributed by atoms with Crippen LogP contribution in [0, 0.1) is 15.9 Å². The molecule has 1 aliphatic rings. The van der Waals surface area contributed by atoms with Gasteiger partial charge in [-0.05, 0) is 37.3 Å². The van der Waals surface area contributed by atoms with E-state index in [9.17, 15) is 19.3 Å². The fourth-order valence-electron chi connectivity index (χ4n) is 2.57.